The molecule has 0 unspecified atom stereocenters. The van der Waals surface area contributed by atoms with Crippen LogP contribution in [0.25, 0.3) is 0 Å². The number of Topliss-reactive ketones (excluding diaryl/α,β-unsaturated/α-hetero) is 1. The second-order valence-corrected chi connectivity index (χ2v) is 6.20. The molecule has 9 nitrogen and oxygen atoms in total. The summed E-state index contributed by atoms with van der Waals surface area (Å²) in [6, 6.07) is -0.668. The molecule has 3 rings (SSSR count). The molecule has 9 heteroatoms. The number of rotatable bonds is 5. The monoisotopic (exact) mass is 334 g/mol. The number of nitrogens with one attached hydrogen (secondary N) is 1. The molecule has 2 aliphatic rings. The summed E-state index contributed by atoms with van der Waals surface area (Å²) in [5.41, 5.74) is 3.92. The number of likely N-dealkylation sites (N-methyl/N-ethyl adjacent to an activating group) is 1. The molecule has 0 aliphatic carbocycles. The first-order valence-electron chi connectivity index (χ1n) is 7.94. The molecule has 1 aromatic rings. The summed E-state index contributed by atoms with van der Waals surface area (Å²) in [4.78, 5) is 31.2. The minimum Gasteiger partial charge on any atom is -0.319 e. The van der Waals surface area contributed by atoms with Crippen molar-refractivity contribution in [2.75, 3.05) is 20.6 Å². The van der Waals surface area contributed by atoms with Crippen molar-refractivity contribution in [2.45, 2.75) is 38.4 Å². The van der Waals surface area contributed by atoms with E-state index in [1.165, 1.54) is 0 Å². The van der Waals surface area contributed by atoms with Gasteiger partial charge in [0.25, 0.3) is 0 Å². The standard InChI is InChI=1S/C15H22N6O3/c1-9(22)5-4-6-21-12-10(7-17-21)11-8-20(15(23)19(11)3)13(12)14(16-2)18-24/h7,11,13,24H,4-6,8H2,1-3H3,(H,16,18)/t11-,13-/m0/s1. The number of carbonyl (C=O) groups is 2. The molecule has 0 aromatic carbocycles. The van der Waals surface area contributed by atoms with Crippen LogP contribution >= 0.6 is 0 Å². The average Bonchev–Trinajstić information content (AvgIpc) is 3.07. The van der Waals surface area contributed by atoms with E-state index in [1.807, 2.05) is 4.68 Å². The molecule has 0 saturated carbocycles. The number of ketones is 1. The number of aliphatic imine (C=N–C) groups is 1. The zero-order chi connectivity index (χ0) is 17.4. The number of hydroxylamine groups is 1. The Balaban J connectivity index is 2.01. The summed E-state index contributed by atoms with van der Waals surface area (Å²) < 4.78 is 1.82. The van der Waals surface area contributed by atoms with Crippen LogP contribution in [0.1, 0.15) is 43.1 Å². The fourth-order valence-corrected chi connectivity index (χ4v) is 3.52. The highest BCUT2D eigenvalue weighted by atomic mass is 16.5. The van der Waals surface area contributed by atoms with E-state index in [0.29, 0.717) is 31.8 Å². The molecule has 3 heterocycles. The van der Waals surface area contributed by atoms with Gasteiger partial charge in [0.1, 0.15) is 17.7 Å². The number of amidine groups is 1. The number of hydrogen-bond donors (Lipinski definition) is 2. The number of nitrogens with zero attached hydrogens (tertiary/aromatic N) is 5. The van der Waals surface area contributed by atoms with E-state index in [4.69, 9.17) is 0 Å². The lowest BCUT2D eigenvalue weighted by atomic mass is 9.97. The summed E-state index contributed by atoms with van der Waals surface area (Å²) in [6.07, 6.45) is 2.94. The summed E-state index contributed by atoms with van der Waals surface area (Å²) in [7, 11) is 3.33. The van der Waals surface area contributed by atoms with Gasteiger partial charge >= 0.3 is 6.03 Å². The molecule has 0 spiro atoms. The van der Waals surface area contributed by atoms with Crippen LogP contribution in [-0.4, -0.2) is 63.1 Å². The molecule has 130 valence electrons. The average molecular weight is 334 g/mol. The second kappa shape index (κ2) is 6.23. The second-order valence-electron chi connectivity index (χ2n) is 6.20. The van der Waals surface area contributed by atoms with E-state index in [2.05, 4.69) is 15.6 Å². The highest BCUT2D eigenvalue weighted by Crippen LogP contribution is 2.43. The molecule has 2 aliphatic heterocycles. The number of aryl methyl sites for hydroxylation is 1. The van der Waals surface area contributed by atoms with E-state index in [0.717, 1.165) is 11.3 Å². The SMILES string of the molecule is CN=C(NO)[C@@H]1c2c(cnn2CCCC(C)=O)[C@@H]2CN1C(=O)N2C. The van der Waals surface area contributed by atoms with Crippen molar-refractivity contribution in [1.82, 2.24) is 25.1 Å². The Morgan fingerprint density at radius 3 is 2.92 bits per heavy atom. The molecule has 2 bridgehead atoms. The van der Waals surface area contributed by atoms with E-state index < -0.39 is 6.04 Å². The quantitative estimate of drug-likeness (QED) is 0.469. The summed E-state index contributed by atoms with van der Waals surface area (Å²) in [6.45, 7) is 2.68. The maximum atomic E-state index is 12.5. The summed E-state index contributed by atoms with van der Waals surface area (Å²) >= 11 is 0. The van der Waals surface area contributed by atoms with Gasteiger partial charge in [0.15, 0.2) is 0 Å². The first-order valence-corrected chi connectivity index (χ1v) is 7.94. The topological polar surface area (TPSA) is 103 Å². The zero-order valence-electron chi connectivity index (χ0n) is 14.1. The van der Waals surface area contributed by atoms with E-state index in [1.54, 1.807) is 37.0 Å². The lowest BCUT2D eigenvalue weighted by Gasteiger charge is -2.32. The van der Waals surface area contributed by atoms with Gasteiger partial charge in [0.2, 0.25) is 0 Å². The van der Waals surface area contributed by atoms with Gasteiger partial charge in [-0.2, -0.15) is 5.10 Å². The maximum Gasteiger partial charge on any atom is 0.321 e. The van der Waals surface area contributed by atoms with Crippen LogP contribution < -0.4 is 5.48 Å². The van der Waals surface area contributed by atoms with Crippen molar-refractivity contribution in [3.05, 3.63) is 17.5 Å². The van der Waals surface area contributed by atoms with Crippen LogP contribution in [-0.2, 0) is 11.3 Å². The summed E-state index contributed by atoms with van der Waals surface area (Å²) in [5, 5.41) is 13.9. The van der Waals surface area contributed by atoms with Gasteiger partial charge in [-0.1, -0.05) is 0 Å². The van der Waals surface area contributed by atoms with Crippen LogP contribution in [0.5, 0.6) is 0 Å². The van der Waals surface area contributed by atoms with Crippen molar-refractivity contribution in [3.8, 4) is 0 Å². The molecular weight excluding hydrogens is 312 g/mol. The van der Waals surface area contributed by atoms with Gasteiger partial charge in [-0.15, -0.1) is 0 Å². The Morgan fingerprint density at radius 1 is 1.54 bits per heavy atom. The Labute approximate surface area is 139 Å². The molecule has 2 amide bonds. The molecule has 24 heavy (non-hydrogen) atoms. The number of aromatic nitrogens is 2. The lowest BCUT2D eigenvalue weighted by Crippen LogP contribution is -2.43. The smallest absolute Gasteiger partial charge is 0.319 e. The largest absolute Gasteiger partial charge is 0.321 e. The molecule has 1 aromatic heterocycles. The molecular formula is C15H22N6O3. The predicted molar refractivity (Wildman–Crippen MR) is 85.8 cm³/mol. The zero-order valence-corrected chi connectivity index (χ0v) is 14.1. The number of carbonyl (C=O) groups excluding carboxylic acids is 2. The minimum atomic E-state index is -0.511. The minimum absolute atomic E-state index is 0.0536. The molecule has 1 fully saturated rings. The van der Waals surface area contributed by atoms with Crippen LogP contribution in [0.2, 0.25) is 0 Å². The summed E-state index contributed by atoms with van der Waals surface area (Å²) in [5.74, 6) is 0.436. The highest BCUT2D eigenvalue weighted by Gasteiger charge is 2.49. The Bertz CT molecular complexity index is 697. The van der Waals surface area contributed by atoms with Gasteiger partial charge in [-0.25, -0.2) is 4.79 Å². The Hall–Kier alpha value is -2.42. The van der Waals surface area contributed by atoms with Crippen molar-refractivity contribution in [3.63, 3.8) is 0 Å². The van der Waals surface area contributed by atoms with Gasteiger partial charge in [-0.3, -0.25) is 20.4 Å². The highest BCUT2D eigenvalue weighted by molar-refractivity contribution is 5.93. The predicted octanol–water partition coefficient (Wildman–Crippen LogP) is 0.723. The van der Waals surface area contributed by atoms with Crippen LogP contribution in [0.4, 0.5) is 4.79 Å². The van der Waals surface area contributed by atoms with Crippen LogP contribution in [0, 0.1) is 0 Å². The number of hydrogen-bond acceptors (Lipinski definition) is 5. The van der Waals surface area contributed by atoms with Crippen molar-refractivity contribution in [2.24, 2.45) is 4.99 Å². The van der Waals surface area contributed by atoms with Crippen molar-refractivity contribution >= 4 is 17.6 Å². The number of urea groups is 1. The third-order valence-corrected chi connectivity index (χ3v) is 4.74. The first-order chi connectivity index (χ1) is 11.5. The van der Waals surface area contributed by atoms with E-state index >= 15 is 0 Å². The third-order valence-electron chi connectivity index (χ3n) is 4.74. The fourth-order valence-electron chi connectivity index (χ4n) is 3.52. The van der Waals surface area contributed by atoms with Gasteiger partial charge in [0.05, 0.1) is 17.9 Å². The first kappa shape index (κ1) is 16.4. The fraction of sp³-hybridized carbons (Fsp3) is 0.600. The van der Waals surface area contributed by atoms with Gasteiger partial charge in [0, 0.05) is 39.2 Å². The number of fused-ring (bicyclic) bond motifs is 4. The van der Waals surface area contributed by atoms with Gasteiger partial charge in [-0.05, 0) is 13.3 Å². The van der Waals surface area contributed by atoms with Crippen molar-refractivity contribution < 1.29 is 14.8 Å². The van der Waals surface area contributed by atoms with Gasteiger partial charge < -0.3 is 14.6 Å². The molecule has 1 saturated heterocycles. The molecule has 2 atom stereocenters. The number of amides is 2. The Kier molecular flexibility index (Phi) is 4.27. The Morgan fingerprint density at radius 2 is 2.29 bits per heavy atom. The lowest BCUT2D eigenvalue weighted by molar-refractivity contribution is -0.117. The third kappa shape index (κ3) is 2.44. The van der Waals surface area contributed by atoms with Crippen LogP contribution in [0.15, 0.2) is 11.2 Å². The van der Waals surface area contributed by atoms with E-state index in [-0.39, 0.29) is 17.9 Å². The normalized spacial score (nSPS) is 22.8. The van der Waals surface area contributed by atoms with Crippen LogP contribution in [0.3, 0.4) is 0 Å². The molecule has 2 N–H and O–H groups in total. The molecule has 0 radical (unpaired) electrons. The van der Waals surface area contributed by atoms with E-state index in [9.17, 15) is 14.8 Å². The maximum absolute atomic E-state index is 12.5. The van der Waals surface area contributed by atoms with Crippen molar-refractivity contribution in [1.29, 1.82) is 0 Å².